The van der Waals surface area contributed by atoms with Crippen molar-refractivity contribution in [2.45, 2.75) is 6.54 Å². The molecule has 2 aromatic carbocycles. The number of aromatic carboxylic acids is 1. The minimum absolute atomic E-state index is 0.331. The number of hydrogen-bond acceptors (Lipinski definition) is 2. The number of benzene rings is 2. The Morgan fingerprint density at radius 2 is 1.71 bits per heavy atom. The lowest BCUT2D eigenvalue weighted by atomic mass is 10.2. The molecule has 0 aliphatic carbocycles. The van der Waals surface area contributed by atoms with Gasteiger partial charge in [0.05, 0.1) is 5.56 Å². The van der Waals surface area contributed by atoms with Crippen molar-refractivity contribution >= 4 is 5.97 Å². The minimum Gasteiger partial charge on any atom is -0.478 e. The zero-order valence-electron chi connectivity index (χ0n) is 9.34. The molecular weight excluding hydrogens is 214 g/mol. The molecule has 1 radical (unpaired) electrons. The summed E-state index contributed by atoms with van der Waals surface area (Å²) in [5.41, 5.74) is 6.82. The monoisotopic (exact) mass is 228 g/mol. The topological polar surface area (TPSA) is 63.3 Å². The van der Waals surface area contributed by atoms with E-state index in [4.69, 9.17) is 10.8 Å². The maximum atomic E-state index is 10.2. The van der Waals surface area contributed by atoms with E-state index in [0.717, 1.165) is 5.56 Å². The van der Waals surface area contributed by atoms with Crippen molar-refractivity contribution in [1.82, 2.24) is 0 Å². The molecule has 17 heavy (non-hydrogen) atoms. The van der Waals surface area contributed by atoms with Crippen molar-refractivity contribution in [2.75, 3.05) is 0 Å². The molecule has 3 N–H and O–H groups in total. The Hall–Kier alpha value is -2.13. The van der Waals surface area contributed by atoms with Gasteiger partial charge in [0, 0.05) is 6.54 Å². The highest BCUT2D eigenvalue weighted by atomic mass is 16.4. The molecule has 0 saturated carbocycles. The van der Waals surface area contributed by atoms with E-state index in [2.05, 4.69) is 6.07 Å². The van der Waals surface area contributed by atoms with E-state index in [1.807, 2.05) is 24.3 Å². The molecule has 0 amide bonds. The fourth-order valence-corrected chi connectivity index (χ4v) is 1.14. The van der Waals surface area contributed by atoms with Crippen molar-refractivity contribution < 1.29 is 9.90 Å². The molecule has 87 valence electrons. The van der Waals surface area contributed by atoms with Gasteiger partial charge in [0.1, 0.15) is 0 Å². The van der Waals surface area contributed by atoms with Crippen LogP contribution in [0.15, 0.2) is 54.6 Å². The summed E-state index contributed by atoms with van der Waals surface area (Å²) in [6.45, 7) is 0.620. The van der Waals surface area contributed by atoms with E-state index >= 15 is 0 Å². The Kier molecular flexibility index (Phi) is 5.47. The van der Waals surface area contributed by atoms with Crippen molar-refractivity contribution in [1.29, 1.82) is 0 Å². The number of rotatable bonds is 2. The Balaban J connectivity index is 0.000000171. The summed E-state index contributed by atoms with van der Waals surface area (Å²) in [6.07, 6.45) is 0. The first-order valence-corrected chi connectivity index (χ1v) is 5.17. The first kappa shape index (κ1) is 12.9. The highest BCUT2D eigenvalue weighted by molar-refractivity contribution is 5.87. The van der Waals surface area contributed by atoms with Crippen molar-refractivity contribution in [3.8, 4) is 0 Å². The van der Waals surface area contributed by atoms with Crippen molar-refractivity contribution in [3.05, 3.63) is 71.8 Å². The predicted octanol–water partition coefficient (Wildman–Crippen LogP) is 2.33. The molecule has 2 aromatic rings. The zero-order chi connectivity index (χ0) is 12.5. The van der Waals surface area contributed by atoms with Gasteiger partial charge in [-0.05, 0) is 23.8 Å². The van der Waals surface area contributed by atoms with Crippen LogP contribution in [0.5, 0.6) is 0 Å². The standard InChI is InChI=1S/C7H8N.C7H6O2/c8-6-7-4-2-1-3-5-7;8-7(9)6-4-2-1-3-5-6/h2-5H,6,8H2;1-5H,(H,8,9). The van der Waals surface area contributed by atoms with E-state index in [1.165, 1.54) is 0 Å². The average Bonchev–Trinajstić information content (AvgIpc) is 2.41. The largest absolute Gasteiger partial charge is 0.478 e. The number of carbonyl (C=O) groups is 1. The second-order valence-electron chi connectivity index (χ2n) is 3.28. The van der Waals surface area contributed by atoms with E-state index < -0.39 is 5.97 Å². The van der Waals surface area contributed by atoms with E-state index in [1.54, 1.807) is 30.3 Å². The predicted molar refractivity (Wildman–Crippen MR) is 66.6 cm³/mol. The molecule has 0 aliphatic heterocycles. The molecule has 3 heteroatoms. The van der Waals surface area contributed by atoms with Gasteiger partial charge in [-0.1, -0.05) is 42.5 Å². The van der Waals surface area contributed by atoms with Gasteiger partial charge in [0.25, 0.3) is 0 Å². The second kappa shape index (κ2) is 7.19. The Labute approximate surface area is 101 Å². The van der Waals surface area contributed by atoms with Crippen LogP contribution >= 0.6 is 0 Å². The lowest BCUT2D eigenvalue weighted by Gasteiger charge is -1.89. The molecular formula is C14H14NO2. The van der Waals surface area contributed by atoms with Crippen molar-refractivity contribution in [3.63, 3.8) is 0 Å². The molecule has 0 fully saturated rings. The van der Waals surface area contributed by atoms with Crippen molar-refractivity contribution in [2.24, 2.45) is 5.73 Å². The van der Waals surface area contributed by atoms with Crippen LogP contribution in [0.25, 0.3) is 0 Å². The first-order valence-electron chi connectivity index (χ1n) is 5.17. The van der Waals surface area contributed by atoms with Crippen LogP contribution in [0.4, 0.5) is 0 Å². The average molecular weight is 228 g/mol. The van der Waals surface area contributed by atoms with Crippen LogP contribution in [-0.4, -0.2) is 11.1 Å². The molecule has 0 spiro atoms. The smallest absolute Gasteiger partial charge is 0.335 e. The maximum Gasteiger partial charge on any atom is 0.335 e. The van der Waals surface area contributed by atoms with Gasteiger partial charge in [0.15, 0.2) is 0 Å². The highest BCUT2D eigenvalue weighted by Gasteiger charge is 1.96. The van der Waals surface area contributed by atoms with Crippen LogP contribution < -0.4 is 5.73 Å². The fraction of sp³-hybridized carbons (Fsp3) is 0.0714. The minimum atomic E-state index is -0.879. The van der Waals surface area contributed by atoms with Crippen LogP contribution in [0.3, 0.4) is 0 Å². The maximum absolute atomic E-state index is 10.2. The molecule has 0 saturated heterocycles. The number of carboxylic acid groups (broad SMARTS) is 1. The molecule has 0 atom stereocenters. The third-order valence-electron chi connectivity index (χ3n) is 2.04. The molecule has 2 rings (SSSR count). The van der Waals surface area contributed by atoms with Gasteiger partial charge in [-0.25, -0.2) is 4.79 Å². The second-order valence-corrected chi connectivity index (χ2v) is 3.28. The molecule has 3 nitrogen and oxygen atoms in total. The molecule has 0 bridgehead atoms. The Bertz CT molecular complexity index is 440. The normalized spacial score (nSPS) is 9.00. The summed E-state index contributed by atoms with van der Waals surface area (Å²) in [7, 11) is 0. The summed E-state index contributed by atoms with van der Waals surface area (Å²) in [4.78, 5) is 10.2. The highest BCUT2D eigenvalue weighted by Crippen LogP contribution is 1.96. The van der Waals surface area contributed by atoms with E-state index in [-0.39, 0.29) is 0 Å². The third-order valence-corrected chi connectivity index (χ3v) is 2.04. The van der Waals surface area contributed by atoms with Gasteiger partial charge in [-0.2, -0.15) is 0 Å². The quantitative estimate of drug-likeness (QED) is 0.829. The Morgan fingerprint density at radius 1 is 1.12 bits per heavy atom. The van der Waals surface area contributed by atoms with Gasteiger partial charge in [0.2, 0.25) is 0 Å². The number of nitrogens with two attached hydrogens (primary N) is 1. The van der Waals surface area contributed by atoms with Gasteiger partial charge >= 0.3 is 5.97 Å². The third kappa shape index (κ3) is 4.95. The number of hydrogen-bond donors (Lipinski definition) is 2. The summed E-state index contributed by atoms with van der Waals surface area (Å²) in [5, 5.41) is 8.38. The molecule has 0 aliphatic rings. The lowest BCUT2D eigenvalue weighted by Crippen LogP contribution is -1.94. The van der Waals surface area contributed by atoms with Crippen LogP contribution in [0.1, 0.15) is 15.9 Å². The first-order chi connectivity index (χ1) is 8.24. The zero-order valence-corrected chi connectivity index (χ0v) is 9.34. The molecule has 0 unspecified atom stereocenters. The summed E-state index contributed by atoms with van der Waals surface area (Å²) in [6, 6.07) is 18.9. The lowest BCUT2D eigenvalue weighted by molar-refractivity contribution is 0.0697. The van der Waals surface area contributed by atoms with E-state index in [0.29, 0.717) is 12.1 Å². The summed E-state index contributed by atoms with van der Waals surface area (Å²) in [5.74, 6) is -0.879. The van der Waals surface area contributed by atoms with Crippen LogP contribution in [0, 0.1) is 6.07 Å². The SMILES string of the molecule is NCc1cc[c]cc1.O=C(O)c1ccccc1. The van der Waals surface area contributed by atoms with Gasteiger partial charge in [-0.15, -0.1) is 0 Å². The molecule has 0 aromatic heterocycles. The summed E-state index contributed by atoms with van der Waals surface area (Å²) < 4.78 is 0. The Morgan fingerprint density at radius 3 is 2.06 bits per heavy atom. The van der Waals surface area contributed by atoms with E-state index in [9.17, 15) is 4.79 Å². The number of carboxylic acids is 1. The van der Waals surface area contributed by atoms with Gasteiger partial charge in [-0.3, -0.25) is 0 Å². The summed E-state index contributed by atoms with van der Waals surface area (Å²) >= 11 is 0. The molecule has 0 heterocycles. The fourth-order valence-electron chi connectivity index (χ4n) is 1.14. The van der Waals surface area contributed by atoms with Gasteiger partial charge < -0.3 is 10.8 Å². The van der Waals surface area contributed by atoms with Crippen LogP contribution in [0.2, 0.25) is 0 Å². The van der Waals surface area contributed by atoms with Crippen LogP contribution in [-0.2, 0) is 6.54 Å².